The van der Waals surface area contributed by atoms with Gasteiger partial charge < -0.3 is 9.47 Å². The fourth-order valence-corrected chi connectivity index (χ4v) is 4.57. The molecule has 1 fully saturated rings. The van der Waals surface area contributed by atoms with Crippen molar-refractivity contribution in [3.8, 4) is 17.6 Å². The van der Waals surface area contributed by atoms with Crippen LogP contribution in [0.5, 0.6) is 11.5 Å². The number of amides is 2. The number of hydrogen-bond donors (Lipinski definition) is 0. The third-order valence-electron chi connectivity index (χ3n) is 5.19. The molecule has 8 heteroatoms. The van der Waals surface area contributed by atoms with E-state index in [4.69, 9.17) is 21.1 Å². The van der Waals surface area contributed by atoms with Crippen LogP contribution in [0, 0.1) is 11.3 Å². The summed E-state index contributed by atoms with van der Waals surface area (Å²) in [6.45, 7) is 2.66. The summed E-state index contributed by atoms with van der Waals surface area (Å²) in [6.07, 6.45) is 1.67. The van der Waals surface area contributed by atoms with Crippen molar-refractivity contribution >= 4 is 40.6 Å². The van der Waals surface area contributed by atoms with E-state index in [9.17, 15) is 14.9 Å². The zero-order chi connectivity index (χ0) is 24.8. The molecule has 35 heavy (non-hydrogen) atoms. The van der Waals surface area contributed by atoms with Gasteiger partial charge in [-0.15, -0.1) is 0 Å². The van der Waals surface area contributed by atoms with Gasteiger partial charge in [0.05, 0.1) is 29.7 Å². The maximum absolute atomic E-state index is 12.9. The summed E-state index contributed by atoms with van der Waals surface area (Å²) < 4.78 is 11.7. The van der Waals surface area contributed by atoms with Gasteiger partial charge in [-0.25, -0.2) is 0 Å². The van der Waals surface area contributed by atoms with Crippen LogP contribution in [0.1, 0.15) is 29.2 Å². The molecule has 1 heterocycles. The first kappa shape index (κ1) is 24.4. The van der Waals surface area contributed by atoms with Gasteiger partial charge in [-0.2, -0.15) is 5.26 Å². The SMILES string of the molecule is CCOc1cc(/C=C2\SC(=O)N(Cc3cccc(Cl)c3)C2=O)ccc1OCc1ccccc1C#N. The fourth-order valence-electron chi connectivity index (χ4n) is 3.52. The molecule has 176 valence electrons. The van der Waals surface area contributed by atoms with Gasteiger partial charge >= 0.3 is 0 Å². The summed E-state index contributed by atoms with van der Waals surface area (Å²) >= 11 is 6.92. The van der Waals surface area contributed by atoms with Crippen LogP contribution in [0.3, 0.4) is 0 Å². The second kappa shape index (κ2) is 11.1. The van der Waals surface area contributed by atoms with E-state index in [1.165, 1.54) is 4.90 Å². The Kier molecular flexibility index (Phi) is 7.76. The number of benzene rings is 3. The molecule has 3 aromatic rings. The first-order valence-corrected chi connectivity index (χ1v) is 12.1. The van der Waals surface area contributed by atoms with Crippen LogP contribution in [0.25, 0.3) is 6.08 Å². The van der Waals surface area contributed by atoms with E-state index in [1.807, 2.05) is 25.1 Å². The lowest BCUT2D eigenvalue weighted by molar-refractivity contribution is -0.123. The average Bonchev–Trinajstić information content (AvgIpc) is 3.11. The highest BCUT2D eigenvalue weighted by Crippen LogP contribution is 2.36. The molecule has 0 bridgehead atoms. The first-order chi connectivity index (χ1) is 17.0. The first-order valence-electron chi connectivity index (χ1n) is 10.9. The number of carbonyl (C=O) groups excluding carboxylic acids is 2. The molecule has 0 unspecified atom stereocenters. The van der Waals surface area contributed by atoms with Crippen molar-refractivity contribution in [2.24, 2.45) is 0 Å². The number of carbonyl (C=O) groups is 2. The number of thioether (sulfide) groups is 1. The van der Waals surface area contributed by atoms with Gasteiger partial charge in [-0.3, -0.25) is 14.5 Å². The molecular weight excluding hydrogens is 484 g/mol. The van der Waals surface area contributed by atoms with Crippen molar-refractivity contribution in [2.75, 3.05) is 6.61 Å². The van der Waals surface area contributed by atoms with Gasteiger partial charge in [0.25, 0.3) is 11.1 Å². The standard InChI is InChI=1S/C27H21ClN2O4S/c1-2-33-24-13-18(10-11-23(24)34-17-21-8-4-3-7-20(21)15-29)14-25-26(31)30(27(32)35-25)16-19-6-5-9-22(28)12-19/h3-14H,2,16-17H2,1H3/b25-14-. The number of nitrogens with zero attached hydrogens (tertiary/aromatic N) is 2. The van der Waals surface area contributed by atoms with Crippen molar-refractivity contribution < 1.29 is 19.1 Å². The van der Waals surface area contributed by atoms with Gasteiger partial charge in [0.1, 0.15) is 6.61 Å². The fraction of sp³-hybridized carbons (Fsp3) is 0.148. The maximum atomic E-state index is 12.9. The number of ether oxygens (including phenoxy) is 2. The molecule has 0 saturated carbocycles. The second-order valence-electron chi connectivity index (χ2n) is 7.59. The van der Waals surface area contributed by atoms with Gasteiger partial charge in [0.2, 0.25) is 0 Å². The molecular formula is C27H21ClN2O4S. The van der Waals surface area contributed by atoms with Crippen molar-refractivity contribution in [2.45, 2.75) is 20.1 Å². The van der Waals surface area contributed by atoms with Gasteiger partial charge in [-0.05, 0) is 66.2 Å². The molecule has 2 amide bonds. The quantitative estimate of drug-likeness (QED) is 0.329. The molecule has 0 radical (unpaired) electrons. The number of halogens is 1. The molecule has 0 spiro atoms. The van der Waals surface area contributed by atoms with E-state index >= 15 is 0 Å². The minimum atomic E-state index is -0.355. The van der Waals surface area contributed by atoms with Crippen molar-refractivity contribution in [1.29, 1.82) is 5.26 Å². The highest BCUT2D eigenvalue weighted by atomic mass is 35.5. The highest BCUT2D eigenvalue weighted by molar-refractivity contribution is 8.18. The smallest absolute Gasteiger partial charge is 0.293 e. The van der Waals surface area contributed by atoms with Crippen LogP contribution in [0.15, 0.2) is 71.6 Å². The molecule has 0 atom stereocenters. The highest BCUT2D eigenvalue weighted by Gasteiger charge is 2.35. The Morgan fingerprint density at radius 3 is 2.63 bits per heavy atom. The molecule has 1 aliphatic rings. The monoisotopic (exact) mass is 504 g/mol. The van der Waals surface area contributed by atoms with Crippen molar-refractivity contribution in [3.63, 3.8) is 0 Å². The Morgan fingerprint density at radius 1 is 1.03 bits per heavy atom. The topological polar surface area (TPSA) is 79.6 Å². The summed E-state index contributed by atoms with van der Waals surface area (Å²) in [5, 5.41) is 9.50. The molecule has 0 N–H and O–H groups in total. The van der Waals surface area contributed by atoms with Crippen LogP contribution in [-0.4, -0.2) is 22.7 Å². The second-order valence-corrected chi connectivity index (χ2v) is 9.02. The number of rotatable bonds is 8. The largest absolute Gasteiger partial charge is 0.490 e. The predicted octanol–water partition coefficient (Wildman–Crippen LogP) is 6.43. The number of nitriles is 1. The third kappa shape index (κ3) is 5.86. The Bertz CT molecular complexity index is 1350. The van der Waals surface area contributed by atoms with Crippen molar-refractivity contribution in [3.05, 3.63) is 98.9 Å². The summed E-state index contributed by atoms with van der Waals surface area (Å²) in [4.78, 5) is 26.9. The summed E-state index contributed by atoms with van der Waals surface area (Å²) in [6, 6.07) is 21.8. The zero-order valence-corrected chi connectivity index (χ0v) is 20.4. The van der Waals surface area contributed by atoms with Crippen LogP contribution < -0.4 is 9.47 Å². The zero-order valence-electron chi connectivity index (χ0n) is 18.9. The van der Waals surface area contributed by atoms with Gasteiger partial charge in [0.15, 0.2) is 11.5 Å². The Morgan fingerprint density at radius 2 is 1.86 bits per heavy atom. The Hall–Kier alpha value is -3.73. The van der Waals surface area contributed by atoms with E-state index in [-0.39, 0.29) is 24.3 Å². The lowest BCUT2D eigenvalue weighted by atomic mass is 10.1. The van der Waals surface area contributed by atoms with Crippen LogP contribution in [-0.2, 0) is 17.9 Å². The summed E-state index contributed by atoms with van der Waals surface area (Å²) in [7, 11) is 0. The third-order valence-corrected chi connectivity index (χ3v) is 6.33. The van der Waals surface area contributed by atoms with E-state index in [0.29, 0.717) is 39.2 Å². The minimum Gasteiger partial charge on any atom is -0.490 e. The predicted molar refractivity (Wildman–Crippen MR) is 136 cm³/mol. The van der Waals surface area contributed by atoms with Crippen molar-refractivity contribution in [1.82, 2.24) is 4.90 Å². The molecule has 4 rings (SSSR count). The Labute approximate surface area is 212 Å². The molecule has 0 aliphatic carbocycles. The van der Waals surface area contributed by atoms with Crippen LogP contribution in [0.4, 0.5) is 4.79 Å². The number of hydrogen-bond acceptors (Lipinski definition) is 6. The van der Waals surface area contributed by atoms with Gasteiger partial charge in [0, 0.05) is 10.6 Å². The summed E-state index contributed by atoms with van der Waals surface area (Å²) in [5.74, 6) is 0.672. The van der Waals surface area contributed by atoms with E-state index in [1.54, 1.807) is 54.6 Å². The maximum Gasteiger partial charge on any atom is 0.293 e. The molecule has 3 aromatic carbocycles. The lowest BCUT2D eigenvalue weighted by Gasteiger charge is -2.13. The van der Waals surface area contributed by atoms with Crippen LogP contribution >= 0.6 is 23.4 Å². The van der Waals surface area contributed by atoms with E-state index in [0.717, 1.165) is 22.9 Å². The molecule has 1 aliphatic heterocycles. The number of imide groups is 1. The van der Waals surface area contributed by atoms with Gasteiger partial charge in [-0.1, -0.05) is 48.0 Å². The summed E-state index contributed by atoms with van der Waals surface area (Å²) in [5.41, 5.74) is 2.80. The molecule has 1 saturated heterocycles. The molecule has 6 nitrogen and oxygen atoms in total. The van der Waals surface area contributed by atoms with Crippen LogP contribution in [0.2, 0.25) is 5.02 Å². The average molecular weight is 505 g/mol. The van der Waals surface area contributed by atoms with E-state index < -0.39 is 0 Å². The lowest BCUT2D eigenvalue weighted by Crippen LogP contribution is -2.27. The Balaban J connectivity index is 1.52. The normalized spacial score (nSPS) is 14.3. The van der Waals surface area contributed by atoms with E-state index in [2.05, 4.69) is 6.07 Å². The minimum absolute atomic E-state index is 0.156. The molecule has 0 aromatic heterocycles.